The number of morpholine rings is 1. The topological polar surface area (TPSA) is 65.4 Å². The molecule has 88 valence electrons. The Morgan fingerprint density at radius 1 is 1.50 bits per heavy atom. The molecule has 0 spiro atoms. The Balaban J connectivity index is 1.90. The molecule has 0 aromatic carbocycles. The largest absolute Gasteiger partial charge is 0.360 e. The molecule has 2 atom stereocenters. The van der Waals surface area contributed by atoms with Gasteiger partial charge in [0.05, 0.1) is 25.3 Å². The van der Waals surface area contributed by atoms with Crippen LogP contribution >= 0.6 is 0 Å². The Morgan fingerprint density at radius 3 is 3.06 bits per heavy atom. The highest BCUT2D eigenvalue weighted by atomic mass is 16.5. The van der Waals surface area contributed by atoms with E-state index in [-0.39, 0.29) is 11.9 Å². The molecule has 1 unspecified atom stereocenters. The number of amides is 1. The van der Waals surface area contributed by atoms with E-state index in [9.17, 15) is 4.79 Å². The van der Waals surface area contributed by atoms with Crippen molar-refractivity contribution in [2.75, 3.05) is 26.2 Å². The first-order valence-corrected chi connectivity index (χ1v) is 5.84. The Hall–Kier alpha value is -1.12. The van der Waals surface area contributed by atoms with Gasteiger partial charge >= 0.3 is 0 Å². The Morgan fingerprint density at radius 2 is 2.38 bits per heavy atom. The Bertz CT molecular complexity index is 294. The van der Waals surface area contributed by atoms with Crippen molar-refractivity contribution in [1.29, 1.82) is 5.26 Å². The molecule has 1 N–H and O–H groups in total. The lowest BCUT2D eigenvalue weighted by atomic mass is 10.0. The lowest BCUT2D eigenvalue weighted by molar-refractivity contribution is -0.139. The van der Waals surface area contributed by atoms with E-state index in [1.807, 2.05) is 0 Å². The standard InChI is InChI=1S/C11H17N3O2/c12-7-9-8-14(5-6-16-9)11(15)10-3-1-2-4-13-10/h9-10,13H,1-6,8H2/t9?,10-/m0/s1. The van der Waals surface area contributed by atoms with Gasteiger partial charge in [0.2, 0.25) is 5.91 Å². The van der Waals surface area contributed by atoms with Crippen LogP contribution in [-0.4, -0.2) is 49.2 Å². The molecule has 0 aromatic rings. The van der Waals surface area contributed by atoms with Crippen molar-refractivity contribution in [2.45, 2.75) is 31.4 Å². The maximum absolute atomic E-state index is 12.1. The van der Waals surface area contributed by atoms with E-state index < -0.39 is 6.10 Å². The Kier molecular flexibility index (Phi) is 3.75. The monoisotopic (exact) mass is 223 g/mol. The average molecular weight is 223 g/mol. The van der Waals surface area contributed by atoms with Gasteiger partial charge < -0.3 is 15.0 Å². The van der Waals surface area contributed by atoms with Crippen LogP contribution in [0.4, 0.5) is 0 Å². The number of nitrogens with one attached hydrogen (secondary N) is 1. The first-order valence-electron chi connectivity index (χ1n) is 5.84. The molecule has 2 rings (SSSR count). The van der Waals surface area contributed by atoms with Crippen LogP contribution < -0.4 is 5.32 Å². The van der Waals surface area contributed by atoms with Crippen LogP contribution in [0.5, 0.6) is 0 Å². The van der Waals surface area contributed by atoms with Crippen LogP contribution in [0.25, 0.3) is 0 Å². The zero-order valence-electron chi connectivity index (χ0n) is 9.32. The number of carbonyl (C=O) groups is 1. The van der Waals surface area contributed by atoms with Gasteiger partial charge in [-0.1, -0.05) is 6.42 Å². The van der Waals surface area contributed by atoms with Gasteiger partial charge in [-0.15, -0.1) is 0 Å². The number of piperidine rings is 1. The van der Waals surface area contributed by atoms with Gasteiger partial charge in [-0.05, 0) is 19.4 Å². The highest BCUT2D eigenvalue weighted by Crippen LogP contribution is 2.12. The number of carbonyl (C=O) groups excluding carboxylic acids is 1. The highest BCUT2D eigenvalue weighted by Gasteiger charge is 2.29. The number of ether oxygens (including phenoxy) is 1. The first kappa shape index (κ1) is 11.4. The molecule has 1 amide bonds. The van der Waals surface area contributed by atoms with Gasteiger partial charge in [-0.2, -0.15) is 5.26 Å². The second kappa shape index (κ2) is 5.28. The van der Waals surface area contributed by atoms with Gasteiger partial charge in [-0.25, -0.2) is 0 Å². The van der Waals surface area contributed by atoms with Crippen molar-refractivity contribution in [3.05, 3.63) is 0 Å². The normalized spacial score (nSPS) is 30.8. The fraction of sp³-hybridized carbons (Fsp3) is 0.818. The third-order valence-electron chi connectivity index (χ3n) is 3.13. The number of rotatable bonds is 1. The summed E-state index contributed by atoms with van der Waals surface area (Å²) in [6, 6.07) is 2.01. The van der Waals surface area contributed by atoms with Crippen molar-refractivity contribution in [2.24, 2.45) is 0 Å². The molecule has 5 heteroatoms. The second-order valence-electron chi connectivity index (χ2n) is 4.28. The maximum atomic E-state index is 12.1. The zero-order chi connectivity index (χ0) is 11.4. The summed E-state index contributed by atoms with van der Waals surface area (Å²) >= 11 is 0. The lowest BCUT2D eigenvalue weighted by Gasteiger charge is -2.34. The summed E-state index contributed by atoms with van der Waals surface area (Å²) in [4.78, 5) is 13.9. The molecule has 0 bridgehead atoms. The molecule has 2 fully saturated rings. The second-order valence-corrected chi connectivity index (χ2v) is 4.28. The molecule has 0 aliphatic carbocycles. The molecule has 2 saturated heterocycles. The van der Waals surface area contributed by atoms with E-state index >= 15 is 0 Å². The fourth-order valence-corrected chi connectivity index (χ4v) is 2.21. The minimum absolute atomic E-state index is 0.0498. The molecule has 0 radical (unpaired) electrons. The lowest BCUT2D eigenvalue weighted by Crippen LogP contribution is -2.53. The molecule has 2 aliphatic rings. The van der Waals surface area contributed by atoms with Gasteiger partial charge in [0, 0.05) is 6.54 Å². The van der Waals surface area contributed by atoms with Gasteiger partial charge in [0.25, 0.3) is 0 Å². The molecule has 2 heterocycles. The van der Waals surface area contributed by atoms with Crippen LogP contribution in [0, 0.1) is 11.3 Å². The quantitative estimate of drug-likeness (QED) is 0.673. The van der Waals surface area contributed by atoms with Crippen LogP contribution in [0.2, 0.25) is 0 Å². The van der Waals surface area contributed by atoms with Gasteiger partial charge in [0.15, 0.2) is 6.10 Å². The van der Waals surface area contributed by atoms with Crippen molar-refractivity contribution in [3.8, 4) is 6.07 Å². The van der Waals surface area contributed by atoms with Crippen LogP contribution in [0.1, 0.15) is 19.3 Å². The molecule has 0 saturated carbocycles. The van der Waals surface area contributed by atoms with Crippen molar-refractivity contribution in [1.82, 2.24) is 10.2 Å². The smallest absolute Gasteiger partial charge is 0.239 e. The van der Waals surface area contributed by atoms with Crippen LogP contribution in [0.3, 0.4) is 0 Å². The maximum Gasteiger partial charge on any atom is 0.239 e. The molecule has 16 heavy (non-hydrogen) atoms. The molecule has 0 aromatic heterocycles. The van der Waals surface area contributed by atoms with Crippen LogP contribution in [0.15, 0.2) is 0 Å². The summed E-state index contributed by atoms with van der Waals surface area (Å²) in [5.74, 6) is 0.128. The Labute approximate surface area is 95.4 Å². The van der Waals surface area contributed by atoms with Crippen LogP contribution in [-0.2, 0) is 9.53 Å². The van der Waals surface area contributed by atoms with E-state index in [1.54, 1.807) is 4.90 Å². The number of hydrogen-bond acceptors (Lipinski definition) is 4. The fourth-order valence-electron chi connectivity index (χ4n) is 2.21. The van der Waals surface area contributed by atoms with Gasteiger partial charge in [-0.3, -0.25) is 4.79 Å². The highest BCUT2D eigenvalue weighted by molar-refractivity contribution is 5.82. The third-order valence-corrected chi connectivity index (χ3v) is 3.13. The van der Waals surface area contributed by atoms with E-state index in [4.69, 9.17) is 10.00 Å². The predicted octanol–water partition coefficient (Wildman–Crippen LogP) is -0.121. The third kappa shape index (κ3) is 2.52. The summed E-state index contributed by atoms with van der Waals surface area (Å²) in [5.41, 5.74) is 0. The SMILES string of the molecule is N#CC1CN(C(=O)[C@@H]2CCCCN2)CCO1. The van der Waals surface area contributed by atoms with Crippen molar-refractivity contribution >= 4 is 5.91 Å². The van der Waals surface area contributed by atoms with E-state index in [0.29, 0.717) is 19.7 Å². The molecular weight excluding hydrogens is 206 g/mol. The summed E-state index contributed by atoms with van der Waals surface area (Å²) in [6.45, 7) is 2.40. The van der Waals surface area contributed by atoms with Gasteiger partial charge in [0.1, 0.15) is 0 Å². The summed E-state index contributed by atoms with van der Waals surface area (Å²) in [6.07, 6.45) is 2.71. The van der Waals surface area contributed by atoms with E-state index in [2.05, 4.69) is 11.4 Å². The van der Waals surface area contributed by atoms with E-state index in [1.165, 1.54) is 0 Å². The summed E-state index contributed by atoms with van der Waals surface area (Å²) < 4.78 is 5.22. The van der Waals surface area contributed by atoms with Crippen molar-refractivity contribution in [3.63, 3.8) is 0 Å². The summed E-state index contributed by atoms with van der Waals surface area (Å²) in [7, 11) is 0. The minimum Gasteiger partial charge on any atom is -0.360 e. The zero-order valence-corrected chi connectivity index (χ0v) is 9.32. The number of hydrogen-bond donors (Lipinski definition) is 1. The average Bonchev–Trinajstić information content (AvgIpc) is 2.39. The molecule has 2 aliphatic heterocycles. The molecular formula is C11H17N3O2. The summed E-state index contributed by atoms with van der Waals surface area (Å²) in [5, 5.41) is 12.0. The molecule has 5 nitrogen and oxygen atoms in total. The van der Waals surface area contributed by atoms with E-state index in [0.717, 1.165) is 25.8 Å². The van der Waals surface area contributed by atoms with Crippen molar-refractivity contribution < 1.29 is 9.53 Å². The number of nitrogens with zero attached hydrogens (tertiary/aromatic N) is 2. The number of nitriles is 1. The predicted molar refractivity (Wildman–Crippen MR) is 57.6 cm³/mol. The first-order chi connectivity index (χ1) is 7.81. The minimum atomic E-state index is -0.457.